The van der Waals surface area contributed by atoms with E-state index in [4.69, 9.17) is 0 Å². The minimum Gasteiger partial charge on any atom is -0.324 e. The van der Waals surface area contributed by atoms with Gasteiger partial charge in [-0.2, -0.15) is 5.10 Å². The Morgan fingerprint density at radius 3 is 2.50 bits per heavy atom. The topological polar surface area (TPSA) is 120 Å². The molecule has 0 aliphatic carbocycles. The van der Waals surface area contributed by atoms with Gasteiger partial charge in [0.05, 0.1) is 27.3 Å². The fraction of sp³-hybridized carbons (Fsp3) is 0.130. The van der Waals surface area contributed by atoms with Crippen molar-refractivity contribution in [1.82, 2.24) is 14.8 Å². The lowest BCUT2D eigenvalue weighted by Crippen LogP contribution is -2.31. The van der Waals surface area contributed by atoms with E-state index in [0.29, 0.717) is 28.8 Å². The van der Waals surface area contributed by atoms with Crippen LogP contribution in [0.1, 0.15) is 16.8 Å². The minimum atomic E-state index is -0.508. The lowest BCUT2D eigenvalue weighted by molar-refractivity contribution is -0.385. The van der Waals surface area contributed by atoms with Gasteiger partial charge in [-0.15, -0.1) is 0 Å². The van der Waals surface area contributed by atoms with Crippen molar-refractivity contribution in [3.8, 4) is 0 Å². The van der Waals surface area contributed by atoms with Crippen molar-refractivity contribution in [1.29, 1.82) is 0 Å². The van der Waals surface area contributed by atoms with Gasteiger partial charge in [0.2, 0.25) is 5.91 Å². The van der Waals surface area contributed by atoms with Gasteiger partial charge in [-0.05, 0) is 36.8 Å². The molecule has 0 aliphatic heterocycles. The van der Waals surface area contributed by atoms with Gasteiger partial charge in [0, 0.05) is 30.3 Å². The Morgan fingerprint density at radius 2 is 1.78 bits per heavy atom. The van der Waals surface area contributed by atoms with E-state index in [1.54, 1.807) is 37.5 Å². The molecule has 0 radical (unpaired) electrons. The van der Waals surface area contributed by atoms with E-state index in [1.165, 1.54) is 12.1 Å². The van der Waals surface area contributed by atoms with Crippen molar-refractivity contribution in [2.45, 2.75) is 19.9 Å². The summed E-state index contributed by atoms with van der Waals surface area (Å²) in [6.07, 6.45) is 3.83. The first-order chi connectivity index (χ1) is 15.4. The van der Waals surface area contributed by atoms with Crippen LogP contribution in [0.25, 0.3) is 10.8 Å². The molecular formula is C23H19N5O4. The summed E-state index contributed by atoms with van der Waals surface area (Å²) < 4.78 is 1.13. The lowest BCUT2D eigenvalue weighted by atomic mass is 10.1. The number of nitro groups is 1. The molecule has 0 spiro atoms. The summed E-state index contributed by atoms with van der Waals surface area (Å²) in [6.45, 7) is 1.23. The second-order valence-electron chi connectivity index (χ2n) is 7.24. The Morgan fingerprint density at radius 1 is 1.06 bits per heavy atom. The Kier molecular flexibility index (Phi) is 5.71. The van der Waals surface area contributed by atoms with Crippen LogP contribution >= 0.6 is 0 Å². The van der Waals surface area contributed by atoms with Crippen molar-refractivity contribution in [3.05, 3.63) is 104 Å². The smallest absolute Gasteiger partial charge is 0.275 e. The number of amides is 1. The predicted octanol–water partition coefficient (Wildman–Crippen LogP) is 3.24. The van der Waals surface area contributed by atoms with E-state index in [1.807, 2.05) is 24.3 Å². The van der Waals surface area contributed by atoms with Crippen molar-refractivity contribution in [2.75, 3.05) is 5.32 Å². The number of carbonyl (C=O) groups is 1. The van der Waals surface area contributed by atoms with E-state index >= 15 is 0 Å². The second kappa shape index (κ2) is 8.76. The molecule has 2 aromatic carbocycles. The molecule has 4 aromatic rings. The van der Waals surface area contributed by atoms with Crippen LogP contribution in [0.5, 0.6) is 0 Å². The Balaban J connectivity index is 1.67. The Labute approximate surface area is 182 Å². The first-order valence-corrected chi connectivity index (χ1v) is 9.85. The van der Waals surface area contributed by atoms with Crippen LogP contribution < -0.4 is 10.9 Å². The number of nitrogens with zero attached hydrogens (tertiary/aromatic N) is 4. The van der Waals surface area contributed by atoms with E-state index in [9.17, 15) is 19.7 Å². The average Bonchev–Trinajstić information content (AvgIpc) is 2.79. The largest absolute Gasteiger partial charge is 0.324 e. The van der Waals surface area contributed by atoms with Gasteiger partial charge in [-0.1, -0.05) is 24.3 Å². The summed E-state index contributed by atoms with van der Waals surface area (Å²) >= 11 is 0. The summed E-state index contributed by atoms with van der Waals surface area (Å²) in [4.78, 5) is 40.3. The number of hydrogen-bond acceptors (Lipinski definition) is 6. The maximum Gasteiger partial charge on any atom is 0.275 e. The standard InChI is InChI=1S/C23H19N5O4/c1-15-19(7-4-8-21(15)28(31)32)25-22(29)14-27-23(30)18-6-3-2-5-17(18)20(26-27)13-16-9-11-24-12-10-16/h2-12H,13-14H2,1H3,(H,25,29). The van der Waals surface area contributed by atoms with Crippen LogP contribution in [-0.4, -0.2) is 25.6 Å². The lowest BCUT2D eigenvalue weighted by Gasteiger charge is -2.12. The number of fused-ring (bicyclic) bond motifs is 1. The van der Waals surface area contributed by atoms with Gasteiger partial charge in [0.15, 0.2) is 0 Å². The van der Waals surface area contributed by atoms with Gasteiger partial charge < -0.3 is 5.32 Å². The molecule has 160 valence electrons. The van der Waals surface area contributed by atoms with Gasteiger partial charge in [-0.3, -0.25) is 24.7 Å². The molecule has 0 fully saturated rings. The number of hydrogen-bond donors (Lipinski definition) is 1. The molecule has 2 heterocycles. The summed E-state index contributed by atoms with van der Waals surface area (Å²) in [5.41, 5.74) is 1.80. The number of aromatic nitrogens is 3. The van der Waals surface area contributed by atoms with Crippen molar-refractivity contribution < 1.29 is 9.72 Å². The third-order valence-corrected chi connectivity index (χ3v) is 5.13. The molecule has 0 saturated heterocycles. The van der Waals surface area contributed by atoms with Crippen molar-refractivity contribution >= 4 is 28.1 Å². The average molecular weight is 429 g/mol. The molecule has 0 saturated carbocycles. The zero-order valence-corrected chi connectivity index (χ0v) is 17.2. The molecule has 4 rings (SSSR count). The summed E-state index contributed by atoms with van der Waals surface area (Å²) in [6, 6.07) is 15.3. The highest BCUT2D eigenvalue weighted by Crippen LogP contribution is 2.25. The minimum absolute atomic E-state index is 0.0940. The Hall–Kier alpha value is -4.40. The highest BCUT2D eigenvalue weighted by atomic mass is 16.6. The maximum atomic E-state index is 13.0. The van der Waals surface area contributed by atoms with E-state index < -0.39 is 10.8 Å². The van der Waals surface area contributed by atoms with Crippen molar-refractivity contribution in [3.63, 3.8) is 0 Å². The molecule has 1 N–H and O–H groups in total. The quantitative estimate of drug-likeness (QED) is 0.371. The van der Waals surface area contributed by atoms with Crippen LogP contribution in [0.3, 0.4) is 0 Å². The molecule has 0 bridgehead atoms. The molecule has 0 unspecified atom stereocenters. The zero-order chi connectivity index (χ0) is 22.7. The number of nitrogens with one attached hydrogen (secondary N) is 1. The fourth-order valence-electron chi connectivity index (χ4n) is 3.52. The number of carbonyl (C=O) groups excluding carboxylic acids is 1. The summed E-state index contributed by atoms with van der Waals surface area (Å²) in [5, 5.41) is 19.4. The molecule has 2 aromatic heterocycles. The summed E-state index contributed by atoms with van der Waals surface area (Å²) in [7, 11) is 0. The second-order valence-corrected chi connectivity index (χ2v) is 7.24. The number of rotatable bonds is 6. The van der Waals surface area contributed by atoms with Crippen LogP contribution in [-0.2, 0) is 17.8 Å². The van der Waals surface area contributed by atoms with E-state index in [2.05, 4.69) is 15.4 Å². The first kappa shape index (κ1) is 20.9. The van der Waals surface area contributed by atoms with Gasteiger partial charge in [0.1, 0.15) is 6.54 Å². The van der Waals surface area contributed by atoms with Crippen molar-refractivity contribution in [2.24, 2.45) is 0 Å². The van der Waals surface area contributed by atoms with E-state index in [0.717, 1.165) is 15.6 Å². The van der Waals surface area contributed by atoms with E-state index in [-0.39, 0.29) is 17.8 Å². The molecule has 9 nitrogen and oxygen atoms in total. The third kappa shape index (κ3) is 4.22. The van der Waals surface area contributed by atoms with Crippen LogP contribution in [0.4, 0.5) is 11.4 Å². The van der Waals surface area contributed by atoms with Crippen LogP contribution in [0, 0.1) is 17.0 Å². The molecule has 0 atom stereocenters. The molecule has 32 heavy (non-hydrogen) atoms. The van der Waals surface area contributed by atoms with Gasteiger partial charge in [0.25, 0.3) is 11.2 Å². The zero-order valence-electron chi connectivity index (χ0n) is 17.2. The molecule has 1 amide bonds. The van der Waals surface area contributed by atoms with Crippen LogP contribution in [0.15, 0.2) is 71.8 Å². The normalized spacial score (nSPS) is 10.8. The number of anilines is 1. The van der Waals surface area contributed by atoms with Gasteiger partial charge >= 0.3 is 0 Å². The fourth-order valence-corrected chi connectivity index (χ4v) is 3.52. The summed E-state index contributed by atoms with van der Waals surface area (Å²) in [5.74, 6) is -0.506. The first-order valence-electron chi connectivity index (χ1n) is 9.85. The number of pyridine rings is 1. The maximum absolute atomic E-state index is 13.0. The van der Waals surface area contributed by atoms with Gasteiger partial charge in [-0.25, -0.2) is 4.68 Å². The van der Waals surface area contributed by atoms with Crippen LogP contribution in [0.2, 0.25) is 0 Å². The monoisotopic (exact) mass is 429 g/mol. The highest BCUT2D eigenvalue weighted by Gasteiger charge is 2.17. The highest BCUT2D eigenvalue weighted by molar-refractivity contribution is 5.92. The number of benzene rings is 2. The Bertz CT molecular complexity index is 1380. The predicted molar refractivity (Wildman–Crippen MR) is 120 cm³/mol. The molecular weight excluding hydrogens is 410 g/mol. The SMILES string of the molecule is Cc1c(NC(=O)Cn2nc(Cc3ccncc3)c3ccccc3c2=O)cccc1[N+](=O)[O-]. The molecule has 9 heteroatoms. The molecule has 0 aliphatic rings. The third-order valence-electron chi connectivity index (χ3n) is 5.13. The number of nitro benzene ring substituents is 1.